The molecule has 2 atom stereocenters. The van der Waals surface area contributed by atoms with Gasteiger partial charge in [0.1, 0.15) is 11.6 Å². The zero-order valence-electron chi connectivity index (χ0n) is 20.6. The van der Waals surface area contributed by atoms with Crippen LogP contribution >= 0.6 is 10.9 Å². The van der Waals surface area contributed by atoms with E-state index in [0.717, 1.165) is 20.7 Å². The van der Waals surface area contributed by atoms with Crippen LogP contribution in [0, 0.1) is 6.92 Å². The Bertz CT molecular complexity index is 1430. The molecule has 35 heavy (non-hydrogen) atoms. The average molecular weight is 515 g/mol. The van der Waals surface area contributed by atoms with Crippen molar-refractivity contribution in [1.82, 2.24) is 14.3 Å². The molecule has 0 saturated carbocycles. The summed E-state index contributed by atoms with van der Waals surface area (Å²) in [6, 6.07) is 10.8. The molecule has 3 aromatic rings. The van der Waals surface area contributed by atoms with Gasteiger partial charge in [-0.25, -0.2) is 22.7 Å². The number of hydrogen-bond acceptors (Lipinski definition) is 7. The largest absolute Gasteiger partial charge is 0.493 e. The molecule has 186 valence electrons. The molecule has 0 aliphatic carbocycles. The first-order chi connectivity index (χ1) is 16.7. The van der Waals surface area contributed by atoms with Gasteiger partial charge >= 0.3 is 0 Å². The number of aryl methyl sites for hydroxylation is 1. The summed E-state index contributed by atoms with van der Waals surface area (Å²) in [5.41, 5.74) is 0.744. The van der Waals surface area contributed by atoms with Crippen LogP contribution in [0.1, 0.15) is 12.7 Å². The second-order valence-electron chi connectivity index (χ2n) is 8.27. The van der Waals surface area contributed by atoms with Gasteiger partial charge in [0.05, 0.1) is 30.7 Å². The van der Waals surface area contributed by atoms with E-state index in [-0.39, 0.29) is 6.04 Å². The van der Waals surface area contributed by atoms with E-state index in [9.17, 15) is 8.42 Å². The zero-order chi connectivity index (χ0) is 25.3. The summed E-state index contributed by atoms with van der Waals surface area (Å²) in [5.74, 6) is 2.50. The number of ether oxygens (including phenoxy) is 2. The second-order valence-corrected chi connectivity index (χ2v) is 12.4. The van der Waals surface area contributed by atoms with Crippen LogP contribution < -0.4 is 14.8 Å². The molecule has 10 heteroatoms. The number of aromatic nitrogens is 2. The molecule has 8 nitrogen and oxygen atoms in total. The van der Waals surface area contributed by atoms with Crippen molar-refractivity contribution >= 4 is 37.6 Å². The number of nitrogens with zero attached hydrogens (tertiary/aromatic N) is 3. The fourth-order valence-corrected chi connectivity index (χ4v) is 7.77. The molecule has 1 aromatic heterocycles. The molecule has 0 fully saturated rings. The Kier molecular flexibility index (Phi) is 7.07. The summed E-state index contributed by atoms with van der Waals surface area (Å²) in [6.07, 6.45) is 4.05. The molecule has 0 radical (unpaired) electrons. The van der Waals surface area contributed by atoms with E-state index in [2.05, 4.69) is 33.7 Å². The highest BCUT2D eigenvalue weighted by molar-refractivity contribution is 8.23. The minimum absolute atomic E-state index is 0.114. The van der Waals surface area contributed by atoms with Gasteiger partial charge in [0.2, 0.25) is 10.0 Å². The molecule has 0 saturated heterocycles. The maximum atomic E-state index is 13.0. The van der Waals surface area contributed by atoms with Crippen LogP contribution in [0.4, 0.5) is 5.82 Å². The Labute approximate surface area is 209 Å². The number of thiol groups is 1. The van der Waals surface area contributed by atoms with Gasteiger partial charge in [0.15, 0.2) is 11.5 Å². The van der Waals surface area contributed by atoms with Crippen LogP contribution in [0.25, 0.3) is 10.9 Å². The van der Waals surface area contributed by atoms with Gasteiger partial charge in [-0.2, -0.15) is 10.9 Å². The van der Waals surface area contributed by atoms with E-state index >= 15 is 0 Å². The molecule has 4 rings (SSSR count). The fraction of sp³-hybridized carbons (Fsp3) is 0.280. The molecular formula is C25H30N4O4S2. The van der Waals surface area contributed by atoms with Crippen LogP contribution in [0.2, 0.25) is 0 Å². The lowest BCUT2D eigenvalue weighted by Crippen LogP contribution is -2.23. The highest BCUT2D eigenvalue weighted by Gasteiger charge is 2.27. The quantitative estimate of drug-likeness (QED) is 0.428. The lowest BCUT2D eigenvalue weighted by atomic mass is 10.2. The summed E-state index contributed by atoms with van der Waals surface area (Å²) >= 11 is 0. The number of hydrogen-bond donors (Lipinski definition) is 2. The van der Waals surface area contributed by atoms with E-state index in [1.54, 1.807) is 40.4 Å². The van der Waals surface area contributed by atoms with E-state index in [0.29, 0.717) is 28.0 Å². The number of benzene rings is 2. The molecule has 1 aliphatic heterocycles. The standard InChI is InChI=1S/C25H30N4O4S2/c1-16(26-25-18-14-20(32-5)21(33-6)15-19(18)27-17(2)28-25)22-11-9-13-34(22)23-10-7-8-12-24(23)35(30,31)29(3)4/h7-16,34H,1-6H3,(H,26,27,28). The highest BCUT2D eigenvalue weighted by Crippen LogP contribution is 2.52. The van der Waals surface area contributed by atoms with Crippen molar-refractivity contribution in [2.45, 2.75) is 29.7 Å². The fourth-order valence-electron chi connectivity index (χ4n) is 4.00. The van der Waals surface area contributed by atoms with Crippen LogP contribution in [-0.2, 0) is 10.0 Å². The minimum atomic E-state index is -3.58. The van der Waals surface area contributed by atoms with Crippen LogP contribution in [0.15, 0.2) is 68.7 Å². The SMILES string of the molecule is COc1cc2nc(C)nc(NC(C)C3=CC=C[SH]3c3ccccc3S(=O)(=O)N(C)C)c2cc1OC. The third-order valence-corrected chi connectivity index (χ3v) is 10.3. The third-order valence-electron chi connectivity index (χ3n) is 5.77. The summed E-state index contributed by atoms with van der Waals surface area (Å²) in [5, 5.41) is 6.44. The number of rotatable bonds is 8. The smallest absolute Gasteiger partial charge is 0.243 e. The topological polar surface area (TPSA) is 93.7 Å². The van der Waals surface area contributed by atoms with Gasteiger partial charge in [-0.1, -0.05) is 24.3 Å². The molecule has 2 heterocycles. The summed E-state index contributed by atoms with van der Waals surface area (Å²) in [7, 11) is 1.72. The van der Waals surface area contributed by atoms with Gasteiger partial charge in [-0.05, 0) is 42.4 Å². The number of anilines is 1. The van der Waals surface area contributed by atoms with Crippen molar-refractivity contribution in [3.05, 3.63) is 64.7 Å². The number of nitrogens with one attached hydrogen (secondary N) is 1. The van der Waals surface area contributed by atoms with Gasteiger partial charge < -0.3 is 14.8 Å². The van der Waals surface area contributed by atoms with Crippen LogP contribution in [0.3, 0.4) is 0 Å². The molecule has 1 aliphatic rings. The van der Waals surface area contributed by atoms with Gasteiger partial charge in [0, 0.05) is 30.4 Å². The first-order valence-electron chi connectivity index (χ1n) is 11.0. The second kappa shape index (κ2) is 9.88. The number of methoxy groups -OCH3 is 2. The highest BCUT2D eigenvalue weighted by atomic mass is 32.2. The normalized spacial score (nSPS) is 17.5. The summed E-state index contributed by atoms with van der Waals surface area (Å²) < 4.78 is 38.2. The Morgan fingerprint density at radius 1 is 1.06 bits per heavy atom. The lowest BCUT2D eigenvalue weighted by Gasteiger charge is -2.27. The Hall–Kier alpha value is -3.08. The summed E-state index contributed by atoms with van der Waals surface area (Å²) in [6.45, 7) is 3.90. The van der Waals surface area contributed by atoms with E-state index in [4.69, 9.17) is 9.47 Å². The number of sulfonamides is 1. The van der Waals surface area contributed by atoms with Crippen molar-refractivity contribution in [2.24, 2.45) is 0 Å². The van der Waals surface area contributed by atoms with Crippen molar-refractivity contribution in [1.29, 1.82) is 0 Å². The van der Waals surface area contributed by atoms with Gasteiger partial charge in [0.25, 0.3) is 0 Å². The average Bonchev–Trinajstić information content (AvgIpc) is 3.33. The van der Waals surface area contributed by atoms with E-state index < -0.39 is 20.9 Å². The van der Waals surface area contributed by atoms with E-state index in [1.165, 1.54) is 4.31 Å². The first kappa shape index (κ1) is 25.0. The zero-order valence-corrected chi connectivity index (χ0v) is 22.3. The first-order valence-corrected chi connectivity index (χ1v) is 13.9. The molecule has 1 N–H and O–H groups in total. The molecule has 2 aromatic carbocycles. The molecule has 0 spiro atoms. The Balaban J connectivity index is 1.71. The number of fused-ring (bicyclic) bond motifs is 1. The lowest BCUT2D eigenvalue weighted by molar-refractivity contribution is 0.356. The van der Waals surface area contributed by atoms with Crippen molar-refractivity contribution in [3.63, 3.8) is 0 Å². The van der Waals surface area contributed by atoms with Gasteiger partial charge in [-0.15, -0.1) is 0 Å². The van der Waals surface area contributed by atoms with Crippen LogP contribution in [-0.4, -0.2) is 57.0 Å². The van der Waals surface area contributed by atoms with E-state index in [1.807, 2.05) is 37.3 Å². The maximum absolute atomic E-state index is 13.0. The number of allylic oxidation sites excluding steroid dienone is 2. The molecule has 2 unspecified atom stereocenters. The van der Waals surface area contributed by atoms with Crippen molar-refractivity contribution < 1.29 is 17.9 Å². The predicted molar refractivity (Wildman–Crippen MR) is 142 cm³/mol. The van der Waals surface area contributed by atoms with Crippen molar-refractivity contribution in [3.8, 4) is 11.5 Å². The van der Waals surface area contributed by atoms with Crippen LogP contribution in [0.5, 0.6) is 11.5 Å². The molecule has 0 amide bonds. The van der Waals surface area contributed by atoms with Gasteiger partial charge in [-0.3, -0.25) is 0 Å². The molecule has 0 bridgehead atoms. The third kappa shape index (κ3) is 4.73. The van der Waals surface area contributed by atoms with Crippen molar-refractivity contribution in [2.75, 3.05) is 33.6 Å². The Morgan fingerprint density at radius 2 is 1.74 bits per heavy atom. The Morgan fingerprint density at radius 3 is 2.43 bits per heavy atom. The minimum Gasteiger partial charge on any atom is -0.493 e. The summed E-state index contributed by atoms with van der Waals surface area (Å²) in [4.78, 5) is 11.5. The molecular weight excluding hydrogens is 484 g/mol. The monoisotopic (exact) mass is 514 g/mol. The predicted octanol–water partition coefficient (Wildman–Crippen LogP) is 4.48. The maximum Gasteiger partial charge on any atom is 0.243 e.